The van der Waals surface area contributed by atoms with Crippen molar-refractivity contribution in [3.63, 3.8) is 0 Å². The summed E-state index contributed by atoms with van der Waals surface area (Å²) in [6.07, 6.45) is 3.79. The number of nitro benzene ring substituents is 1. The average molecular weight is 357 g/mol. The van der Waals surface area contributed by atoms with Gasteiger partial charge in [-0.05, 0) is 40.9 Å². The van der Waals surface area contributed by atoms with Gasteiger partial charge in [-0.3, -0.25) is 14.9 Å². The minimum absolute atomic E-state index is 0.0471. The Balaban J connectivity index is 2.13. The van der Waals surface area contributed by atoms with Gasteiger partial charge >= 0.3 is 0 Å². The number of nitrogens with zero attached hydrogens (tertiary/aromatic N) is 1. The first-order chi connectivity index (χ1) is 10.0. The van der Waals surface area contributed by atoms with Crippen molar-refractivity contribution in [1.29, 1.82) is 0 Å². The summed E-state index contributed by atoms with van der Waals surface area (Å²) < 4.78 is 0.343. The third-order valence-electron chi connectivity index (χ3n) is 3.87. The summed E-state index contributed by atoms with van der Waals surface area (Å²) in [5.41, 5.74) is 0.122. The maximum atomic E-state index is 12.2. The quantitative estimate of drug-likeness (QED) is 0.640. The number of halogens is 1. The number of carbonyl (C=O) groups is 1. The Morgan fingerprint density at radius 3 is 2.81 bits per heavy atom. The Hall–Kier alpha value is -1.47. The van der Waals surface area contributed by atoms with Crippen LogP contribution in [0.2, 0.25) is 0 Å². The Kier molecular flexibility index (Phi) is 5.30. The SMILES string of the molecule is O=C(NC1CCCCC1CO)c1ccc(Br)c([N+](=O)[O-])c1. The van der Waals surface area contributed by atoms with Crippen LogP contribution < -0.4 is 5.32 Å². The number of rotatable bonds is 4. The highest BCUT2D eigenvalue weighted by Gasteiger charge is 2.26. The molecular weight excluding hydrogens is 340 g/mol. The van der Waals surface area contributed by atoms with Crippen LogP contribution in [-0.4, -0.2) is 28.6 Å². The molecule has 2 rings (SSSR count). The summed E-state index contributed by atoms with van der Waals surface area (Å²) in [5.74, 6) is -0.274. The summed E-state index contributed by atoms with van der Waals surface area (Å²) in [4.78, 5) is 22.6. The molecule has 1 amide bonds. The van der Waals surface area contributed by atoms with Crippen molar-refractivity contribution in [3.05, 3.63) is 38.3 Å². The van der Waals surface area contributed by atoms with E-state index in [4.69, 9.17) is 0 Å². The molecule has 1 saturated carbocycles. The van der Waals surface area contributed by atoms with Crippen LogP contribution in [-0.2, 0) is 0 Å². The lowest BCUT2D eigenvalue weighted by Gasteiger charge is -2.30. The monoisotopic (exact) mass is 356 g/mol. The number of aliphatic hydroxyl groups excluding tert-OH is 1. The van der Waals surface area contributed by atoms with Crippen molar-refractivity contribution in [1.82, 2.24) is 5.32 Å². The van der Waals surface area contributed by atoms with E-state index in [-0.39, 0.29) is 35.7 Å². The fourth-order valence-electron chi connectivity index (χ4n) is 2.66. The van der Waals surface area contributed by atoms with Gasteiger partial charge in [0.15, 0.2) is 0 Å². The number of carbonyl (C=O) groups excluding carboxylic acids is 1. The Morgan fingerprint density at radius 2 is 2.14 bits per heavy atom. The molecular formula is C14H17BrN2O4. The van der Waals surface area contributed by atoms with E-state index >= 15 is 0 Å². The standard InChI is InChI=1S/C14H17BrN2O4/c15-11-6-5-9(7-13(11)17(20)21)14(19)16-12-4-2-1-3-10(12)8-18/h5-7,10,12,18H,1-4,8H2,(H,16,19). The van der Waals surface area contributed by atoms with Crippen LogP contribution in [0.25, 0.3) is 0 Å². The molecule has 2 atom stereocenters. The molecule has 0 heterocycles. The van der Waals surface area contributed by atoms with Gasteiger partial charge in [0.2, 0.25) is 0 Å². The number of hydrogen-bond acceptors (Lipinski definition) is 4. The summed E-state index contributed by atoms with van der Waals surface area (Å²) >= 11 is 3.09. The highest BCUT2D eigenvalue weighted by atomic mass is 79.9. The number of amides is 1. The van der Waals surface area contributed by atoms with Gasteiger partial charge in [0, 0.05) is 30.2 Å². The lowest BCUT2D eigenvalue weighted by molar-refractivity contribution is -0.385. The fraction of sp³-hybridized carbons (Fsp3) is 0.500. The number of aliphatic hydroxyl groups is 1. The number of nitro groups is 1. The maximum absolute atomic E-state index is 12.2. The van der Waals surface area contributed by atoms with Crippen molar-refractivity contribution < 1.29 is 14.8 Å². The third-order valence-corrected chi connectivity index (χ3v) is 4.54. The van der Waals surface area contributed by atoms with Gasteiger partial charge < -0.3 is 10.4 Å². The highest BCUT2D eigenvalue weighted by molar-refractivity contribution is 9.10. The molecule has 1 fully saturated rings. The van der Waals surface area contributed by atoms with E-state index in [1.165, 1.54) is 12.1 Å². The smallest absolute Gasteiger partial charge is 0.284 e. The Morgan fingerprint density at radius 1 is 1.43 bits per heavy atom. The van der Waals surface area contributed by atoms with Crippen LogP contribution in [0.4, 0.5) is 5.69 Å². The van der Waals surface area contributed by atoms with Crippen molar-refractivity contribution in [2.24, 2.45) is 5.92 Å². The molecule has 1 aliphatic rings. The van der Waals surface area contributed by atoms with E-state index in [0.717, 1.165) is 25.7 Å². The molecule has 1 aromatic rings. The lowest BCUT2D eigenvalue weighted by atomic mass is 9.85. The Bertz CT molecular complexity index is 550. The van der Waals surface area contributed by atoms with E-state index in [2.05, 4.69) is 21.2 Å². The second kappa shape index (κ2) is 7.00. The number of benzene rings is 1. The van der Waals surface area contributed by atoms with Gasteiger partial charge in [0.25, 0.3) is 11.6 Å². The molecule has 0 aliphatic heterocycles. The van der Waals surface area contributed by atoms with E-state index in [1.54, 1.807) is 6.07 Å². The maximum Gasteiger partial charge on any atom is 0.284 e. The van der Waals surface area contributed by atoms with Crippen LogP contribution in [0.1, 0.15) is 36.0 Å². The zero-order chi connectivity index (χ0) is 15.4. The van der Waals surface area contributed by atoms with Gasteiger partial charge in [0.1, 0.15) is 0 Å². The highest BCUT2D eigenvalue weighted by Crippen LogP contribution is 2.27. The molecule has 21 heavy (non-hydrogen) atoms. The first-order valence-corrected chi connectivity index (χ1v) is 7.68. The van der Waals surface area contributed by atoms with Crippen LogP contribution in [0.5, 0.6) is 0 Å². The first-order valence-electron chi connectivity index (χ1n) is 6.88. The second-order valence-electron chi connectivity index (χ2n) is 5.23. The molecule has 0 spiro atoms. The van der Waals surface area contributed by atoms with E-state index in [9.17, 15) is 20.0 Å². The van der Waals surface area contributed by atoms with Crippen LogP contribution in [0.3, 0.4) is 0 Å². The third kappa shape index (κ3) is 3.79. The van der Waals surface area contributed by atoms with Gasteiger partial charge in [-0.1, -0.05) is 12.8 Å². The lowest BCUT2D eigenvalue weighted by Crippen LogP contribution is -2.43. The molecule has 0 aromatic heterocycles. The molecule has 0 radical (unpaired) electrons. The zero-order valence-electron chi connectivity index (χ0n) is 11.4. The zero-order valence-corrected chi connectivity index (χ0v) is 13.0. The van der Waals surface area contributed by atoms with Crippen LogP contribution in [0, 0.1) is 16.0 Å². The molecule has 0 saturated heterocycles. The minimum atomic E-state index is -0.530. The minimum Gasteiger partial charge on any atom is -0.396 e. The number of hydrogen-bond donors (Lipinski definition) is 2. The summed E-state index contributed by atoms with van der Waals surface area (Å²) in [5, 5.41) is 23.1. The second-order valence-corrected chi connectivity index (χ2v) is 6.08. The predicted molar refractivity (Wildman–Crippen MR) is 81.1 cm³/mol. The summed E-state index contributed by atoms with van der Waals surface area (Å²) in [6.45, 7) is 0.0471. The van der Waals surface area contributed by atoms with Crippen molar-refractivity contribution in [3.8, 4) is 0 Å². The van der Waals surface area contributed by atoms with Crippen LogP contribution >= 0.6 is 15.9 Å². The van der Waals surface area contributed by atoms with E-state index in [1.807, 2.05) is 0 Å². The predicted octanol–water partition coefficient (Wildman–Crippen LogP) is 2.64. The summed E-state index contributed by atoms with van der Waals surface area (Å²) in [7, 11) is 0. The molecule has 2 N–H and O–H groups in total. The van der Waals surface area contributed by atoms with Crippen molar-refractivity contribution in [2.75, 3.05) is 6.61 Å². The fourth-order valence-corrected chi connectivity index (χ4v) is 3.05. The van der Waals surface area contributed by atoms with Gasteiger partial charge in [-0.15, -0.1) is 0 Å². The first kappa shape index (κ1) is 15.9. The molecule has 6 nitrogen and oxygen atoms in total. The van der Waals surface area contributed by atoms with Gasteiger partial charge in [-0.25, -0.2) is 0 Å². The van der Waals surface area contributed by atoms with E-state index in [0.29, 0.717) is 4.47 Å². The molecule has 1 aromatic carbocycles. The van der Waals surface area contributed by atoms with Gasteiger partial charge in [-0.2, -0.15) is 0 Å². The molecule has 7 heteroatoms. The van der Waals surface area contributed by atoms with Gasteiger partial charge in [0.05, 0.1) is 9.40 Å². The molecule has 1 aliphatic carbocycles. The average Bonchev–Trinajstić information content (AvgIpc) is 2.47. The largest absolute Gasteiger partial charge is 0.396 e. The Labute approximate surface area is 130 Å². The van der Waals surface area contributed by atoms with Crippen molar-refractivity contribution in [2.45, 2.75) is 31.7 Å². The van der Waals surface area contributed by atoms with Crippen molar-refractivity contribution >= 4 is 27.5 Å². The van der Waals surface area contributed by atoms with Crippen LogP contribution in [0.15, 0.2) is 22.7 Å². The normalized spacial score (nSPS) is 21.8. The van der Waals surface area contributed by atoms with E-state index < -0.39 is 4.92 Å². The molecule has 114 valence electrons. The topological polar surface area (TPSA) is 92.5 Å². The summed E-state index contributed by atoms with van der Waals surface area (Å²) in [6, 6.07) is 4.23. The molecule has 2 unspecified atom stereocenters. The number of nitrogens with one attached hydrogen (secondary N) is 1. The molecule has 0 bridgehead atoms.